The summed E-state index contributed by atoms with van der Waals surface area (Å²) in [6, 6.07) is -7.96. The Bertz CT molecular complexity index is 2080. The molecule has 0 bridgehead atoms. The van der Waals surface area contributed by atoms with Crippen molar-refractivity contribution < 1.29 is 128 Å². The van der Waals surface area contributed by atoms with Gasteiger partial charge in [-0.3, -0.25) is 24.5 Å². The van der Waals surface area contributed by atoms with Gasteiger partial charge in [0.25, 0.3) is 0 Å². The molecule has 5 saturated heterocycles. The molecular formula is C56H99N5O26. The van der Waals surface area contributed by atoms with Crippen molar-refractivity contribution in [3.63, 3.8) is 0 Å². The summed E-state index contributed by atoms with van der Waals surface area (Å²) in [7, 11) is 0. The Kier molecular flexibility index (Phi) is 31.9. The SMILES string of the molecule is CCCCCC/C=C\CCCCCCCCCC(O)NC1C(OC2C(CO)OC(OC3C(CO)OC(OC4C(CO)OC(OC5C(CO)OC(O)C(NC(C)=O)C5O)C(NC(C)=O)C4O)C(NC(C)=O)C3O)C(NC(C)=O)C2O)OC(CO)C(O)C1O. The van der Waals surface area contributed by atoms with Gasteiger partial charge in [0.1, 0.15) is 122 Å². The number of carbonyl (C=O) groups excluding carboxylic acids is 4. The average molecular weight is 1260 g/mol. The summed E-state index contributed by atoms with van der Waals surface area (Å²) in [4.78, 5) is 50.2. The van der Waals surface area contributed by atoms with Crippen LogP contribution in [0.1, 0.15) is 125 Å². The molecule has 5 fully saturated rings. The van der Waals surface area contributed by atoms with E-state index in [4.69, 9.17) is 42.6 Å². The van der Waals surface area contributed by atoms with Crippen molar-refractivity contribution in [1.82, 2.24) is 26.6 Å². The van der Waals surface area contributed by atoms with Crippen LogP contribution in [0, 0.1) is 0 Å². The zero-order chi connectivity index (χ0) is 64.1. The summed E-state index contributed by atoms with van der Waals surface area (Å²) < 4.78 is 54.0. The first-order chi connectivity index (χ1) is 41.5. The zero-order valence-electron chi connectivity index (χ0n) is 50.2. The molecule has 26 atom stereocenters. The predicted molar refractivity (Wildman–Crippen MR) is 299 cm³/mol. The molecule has 0 saturated carbocycles. The van der Waals surface area contributed by atoms with Gasteiger partial charge in [-0.15, -0.1) is 0 Å². The van der Waals surface area contributed by atoms with Crippen molar-refractivity contribution in [1.29, 1.82) is 0 Å². The van der Waals surface area contributed by atoms with E-state index in [1.54, 1.807) is 0 Å². The van der Waals surface area contributed by atoms with Crippen molar-refractivity contribution >= 4 is 23.6 Å². The van der Waals surface area contributed by atoms with Gasteiger partial charge in [0.05, 0.1) is 39.1 Å². The van der Waals surface area contributed by atoms with Gasteiger partial charge in [0.15, 0.2) is 31.5 Å². The Hall–Kier alpha value is -3.30. The highest BCUT2D eigenvalue weighted by Gasteiger charge is 2.57. The number of unbranched alkanes of at least 4 members (excludes halogenated alkanes) is 11. The molecule has 5 aliphatic heterocycles. The van der Waals surface area contributed by atoms with E-state index in [-0.39, 0.29) is 6.42 Å². The van der Waals surface area contributed by atoms with E-state index in [9.17, 15) is 85.6 Å². The third-order valence-corrected chi connectivity index (χ3v) is 16.1. The maximum atomic E-state index is 12.8. The van der Waals surface area contributed by atoms with E-state index < -0.39 is 216 Å². The highest BCUT2D eigenvalue weighted by molar-refractivity contribution is 5.74. The number of nitrogens with one attached hydrogen (secondary N) is 5. The van der Waals surface area contributed by atoms with E-state index >= 15 is 0 Å². The molecule has 504 valence electrons. The molecule has 0 aromatic rings. The number of ether oxygens (including phenoxy) is 9. The van der Waals surface area contributed by atoms with E-state index in [0.717, 1.165) is 79.1 Å². The lowest BCUT2D eigenvalue weighted by atomic mass is 9.93. The monoisotopic (exact) mass is 1260 g/mol. The molecule has 87 heavy (non-hydrogen) atoms. The molecule has 0 radical (unpaired) electrons. The van der Waals surface area contributed by atoms with Crippen LogP contribution in [0.3, 0.4) is 0 Å². The van der Waals surface area contributed by atoms with E-state index in [1.807, 2.05) is 0 Å². The molecule has 18 N–H and O–H groups in total. The second-order valence-electron chi connectivity index (χ2n) is 23.0. The van der Waals surface area contributed by atoms with E-state index in [0.29, 0.717) is 6.42 Å². The largest absolute Gasteiger partial charge is 0.394 e. The standard InChI is InChI=1S/C56H99N5O26/c1-6-7-8-9-10-11-12-13-14-15-16-17-18-19-20-21-36(71)61-38-43(73)42(72)31(22-62)80-53(38)85-49-33(24-64)82-55(40(45(49)75)59-29(4)69)87-51-35(26-66)83-56(41(47(51)77)60-30(5)70)86-50-34(25-65)81-54(39(46(50)76)58-28(3)68)84-48-32(23-63)79-52(78)37(44(48)74)57-27(2)67/h11-12,31-56,61-66,71-78H,6-10,13-26H2,1-5H3,(H,57,67)(H,58,68)(H,59,69)(H,60,70)/b12-11-. The van der Waals surface area contributed by atoms with Crippen LogP contribution in [-0.2, 0) is 61.8 Å². The minimum absolute atomic E-state index is 0.223. The summed E-state index contributed by atoms with van der Waals surface area (Å²) in [5.74, 6) is -3.03. The number of aliphatic hydroxyl groups is 13. The second-order valence-corrected chi connectivity index (χ2v) is 23.0. The second kappa shape index (κ2) is 37.3. The van der Waals surface area contributed by atoms with Crippen LogP contribution in [0.25, 0.3) is 0 Å². The molecule has 26 unspecified atom stereocenters. The quantitative estimate of drug-likeness (QED) is 0.0162. The fourth-order valence-electron chi connectivity index (χ4n) is 11.6. The van der Waals surface area contributed by atoms with Crippen LogP contribution in [0.5, 0.6) is 0 Å². The fraction of sp³-hybridized carbons (Fsp3) is 0.893. The first-order valence-corrected chi connectivity index (χ1v) is 30.4. The molecule has 5 aliphatic rings. The summed E-state index contributed by atoms with van der Waals surface area (Å²) >= 11 is 0. The molecular weight excluding hydrogens is 1160 g/mol. The normalized spacial score (nSPS) is 38.6. The lowest BCUT2D eigenvalue weighted by Gasteiger charge is -2.51. The fourth-order valence-corrected chi connectivity index (χ4v) is 11.6. The third-order valence-electron chi connectivity index (χ3n) is 16.1. The maximum Gasteiger partial charge on any atom is 0.217 e. The topological polar surface area (TPSA) is 474 Å². The van der Waals surface area contributed by atoms with Gasteiger partial charge in [0.2, 0.25) is 23.6 Å². The first kappa shape index (κ1) is 74.4. The van der Waals surface area contributed by atoms with Gasteiger partial charge in [-0.25, -0.2) is 0 Å². The van der Waals surface area contributed by atoms with Crippen LogP contribution >= 0.6 is 0 Å². The number of rotatable bonds is 34. The van der Waals surface area contributed by atoms with Gasteiger partial charge in [-0.2, -0.15) is 0 Å². The molecule has 5 heterocycles. The molecule has 5 rings (SSSR count). The number of carbonyl (C=O) groups is 4. The number of allylic oxidation sites excluding steroid dienone is 2. The van der Waals surface area contributed by atoms with E-state index in [2.05, 4.69) is 45.7 Å². The van der Waals surface area contributed by atoms with Crippen molar-refractivity contribution in [2.45, 2.75) is 284 Å². The van der Waals surface area contributed by atoms with Crippen molar-refractivity contribution in [2.24, 2.45) is 0 Å². The summed E-state index contributed by atoms with van der Waals surface area (Å²) in [6.07, 6.45) is -17.5. The first-order valence-electron chi connectivity index (χ1n) is 30.4. The Morgan fingerprint density at radius 1 is 0.402 bits per heavy atom. The van der Waals surface area contributed by atoms with Crippen LogP contribution in [0.2, 0.25) is 0 Å². The summed E-state index contributed by atoms with van der Waals surface area (Å²) in [6.45, 7) is 1.93. The highest BCUT2D eigenvalue weighted by Crippen LogP contribution is 2.36. The van der Waals surface area contributed by atoms with Crippen molar-refractivity contribution in [3.8, 4) is 0 Å². The zero-order valence-corrected chi connectivity index (χ0v) is 50.2. The van der Waals surface area contributed by atoms with Crippen molar-refractivity contribution in [2.75, 3.05) is 33.0 Å². The van der Waals surface area contributed by atoms with Crippen LogP contribution < -0.4 is 26.6 Å². The number of hydrogen-bond donors (Lipinski definition) is 18. The minimum atomic E-state index is -2.00. The van der Waals surface area contributed by atoms with Crippen LogP contribution in [-0.4, -0.2) is 282 Å². The Labute approximate surface area is 506 Å². The maximum absolute atomic E-state index is 12.8. The lowest BCUT2D eigenvalue weighted by Crippen LogP contribution is -2.72. The van der Waals surface area contributed by atoms with E-state index in [1.165, 1.54) is 25.7 Å². The molecule has 31 heteroatoms. The Balaban J connectivity index is 1.28. The van der Waals surface area contributed by atoms with Crippen LogP contribution in [0.15, 0.2) is 12.2 Å². The minimum Gasteiger partial charge on any atom is -0.394 e. The molecule has 0 spiro atoms. The lowest BCUT2D eigenvalue weighted by molar-refractivity contribution is -0.367. The Morgan fingerprint density at radius 2 is 0.713 bits per heavy atom. The molecule has 4 amide bonds. The smallest absolute Gasteiger partial charge is 0.217 e. The number of aliphatic hydroxyl groups excluding tert-OH is 13. The molecule has 0 aliphatic carbocycles. The Morgan fingerprint density at radius 3 is 1.08 bits per heavy atom. The van der Waals surface area contributed by atoms with Gasteiger partial charge < -0.3 is 130 Å². The van der Waals surface area contributed by atoms with Crippen molar-refractivity contribution in [3.05, 3.63) is 12.2 Å². The predicted octanol–water partition coefficient (Wildman–Crippen LogP) is -5.40. The van der Waals surface area contributed by atoms with Gasteiger partial charge >= 0.3 is 0 Å². The third kappa shape index (κ3) is 21.1. The molecule has 0 aromatic heterocycles. The number of hydrogen-bond acceptors (Lipinski definition) is 27. The van der Waals surface area contributed by atoms with Gasteiger partial charge in [0, 0.05) is 27.7 Å². The molecule has 31 nitrogen and oxygen atoms in total. The summed E-state index contributed by atoms with van der Waals surface area (Å²) in [5.41, 5.74) is 0. The number of amides is 4. The van der Waals surface area contributed by atoms with Gasteiger partial charge in [-0.1, -0.05) is 70.4 Å². The van der Waals surface area contributed by atoms with Gasteiger partial charge in [-0.05, 0) is 38.5 Å². The molecule has 0 aromatic carbocycles. The highest BCUT2D eigenvalue weighted by atomic mass is 16.8. The average Bonchev–Trinajstić information content (AvgIpc) is 1.10. The summed E-state index contributed by atoms with van der Waals surface area (Å²) in [5, 5.41) is 156. The van der Waals surface area contributed by atoms with Crippen LogP contribution in [0.4, 0.5) is 0 Å².